The van der Waals surface area contributed by atoms with Crippen molar-refractivity contribution in [3.8, 4) is 0 Å². The first-order valence-corrected chi connectivity index (χ1v) is 8.63. The highest BCUT2D eigenvalue weighted by atomic mass is 16.5. The molecule has 136 valence electrons. The molecule has 1 aliphatic heterocycles. The normalized spacial score (nSPS) is 19.3. The first kappa shape index (κ1) is 18.4. The topological polar surface area (TPSA) is 99.8 Å². The van der Waals surface area contributed by atoms with E-state index < -0.39 is 5.97 Å². The number of ether oxygens (including phenoxy) is 1. The third kappa shape index (κ3) is 5.28. The molecule has 2 rings (SSSR count). The second-order valence-corrected chi connectivity index (χ2v) is 6.63. The van der Waals surface area contributed by atoms with Crippen LogP contribution in [-0.4, -0.2) is 61.8 Å². The summed E-state index contributed by atoms with van der Waals surface area (Å²) >= 11 is 0. The minimum atomic E-state index is -0.471. The third-order valence-corrected chi connectivity index (χ3v) is 4.71. The molecule has 0 aromatic rings. The van der Waals surface area contributed by atoms with Crippen molar-refractivity contribution in [2.45, 2.75) is 44.6 Å². The van der Waals surface area contributed by atoms with Crippen LogP contribution in [0.5, 0.6) is 0 Å². The molecule has 0 atom stereocenters. The van der Waals surface area contributed by atoms with Crippen LogP contribution in [-0.2, 0) is 9.53 Å². The Morgan fingerprint density at radius 2 is 1.83 bits per heavy atom. The van der Waals surface area contributed by atoms with Crippen molar-refractivity contribution < 1.29 is 19.1 Å². The smallest absolute Gasteiger partial charge is 0.325 e. The maximum absolute atomic E-state index is 12.1. The van der Waals surface area contributed by atoms with E-state index in [1.54, 1.807) is 4.90 Å². The Morgan fingerprint density at radius 3 is 2.38 bits per heavy atom. The van der Waals surface area contributed by atoms with Crippen molar-refractivity contribution in [1.82, 2.24) is 20.9 Å². The molecule has 2 aliphatic rings. The van der Waals surface area contributed by atoms with E-state index in [0.717, 1.165) is 19.3 Å². The lowest BCUT2D eigenvalue weighted by atomic mass is 9.82. The number of esters is 1. The van der Waals surface area contributed by atoms with Gasteiger partial charge in [-0.15, -0.1) is 0 Å². The van der Waals surface area contributed by atoms with Crippen molar-refractivity contribution >= 4 is 18.0 Å². The van der Waals surface area contributed by atoms with Gasteiger partial charge in [-0.2, -0.15) is 0 Å². The van der Waals surface area contributed by atoms with Crippen molar-refractivity contribution in [3.63, 3.8) is 0 Å². The first-order valence-electron chi connectivity index (χ1n) is 8.63. The zero-order valence-electron chi connectivity index (χ0n) is 14.5. The average Bonchev–Trinajstić information content (AvgIpc) is 3.36. The minimum Gasteiger partial charge on any atom is -0.468 e. The molecule has 0 radical (unpaired) electrons. The highest BCUT2D eigenvalue weighted by molar-refractivity contribution is 5.81. The summed E-state index contributed by atoms with van der Waals surface area (Å²) < 4.78 is 4.51. The largest absolute Gasteiger partial charge is 0.468 e. The molecule has 1 saturated heterocycles. The maximum atomic E-state index is 12.1. The molecule has 8 nitrogen and oxygen atoms in total. The molecule has 0 aromatic carbocycles. The van der Waals surface area contributed by atoms with Crippen molar-refractivity contribution in [3.05, 3.63) is 0 Å². The summed E-state index contributed by atoms with van der Waals surface area (Å²) in [6, 6.07) is -0.403. The standard InChI is InChI=1S/C16H28N4O4/c1-3-17-14(22)19-16(10-12-4-5-12)6-8-20(9-7-16)15(23)18-11-13(21)24-2/h12H,3-11H2,1-2H3,(H,18,23)(H2,17,19,22). The Balaban J connectivity index is 1.86. The molecular weight excluding hydrogens is 312 g/mol. The Morgan fingerprint density at radius 1 is 1.17 bits per heavy atom. The van der Waals surface area contributed by atoms with E-state index in [-0.39, 0.29) is 24.1 Å². The molecule has 0 bridgehead atoms. The summed E-state index contributed by atoms with van der Waals surface area (Å²) in [5.74, 6) is 0.216. The van der Waals surface area contributed by atoms with Gasteiger partial charge in [-0.3, -0.25) is 4.79 Å². The number of methoxy groups -OCH3 is 1. The van der Waals surface area contributed by atoms with Gasteiger partial charge in [-0.05, 0) is 32.1 Å². The van der Waals surface area contributed by atoms with Crippen molar-refractivity contribution in [2.24, 2.45) is 5.92 Å². The van der Waals surface area contributed by atoms with Gasteiger partial charge in [0.15, 0.2) is 0 Å². The number of carbonyl (C=O) groups is 3. The number of nitrogens with one attached hydrogen (secondary N) is 3. The molecule has 8 heteroatoms. The summed E-state index contributed by atoms with van der Waals surface area (Å²) in [5, 5.41) is 8.49. The molecule has 0 unspecified atom stereocenters. The van der Waals surface area contributed by atoms with E-state index in [0.29, 0.717) is 25.6 Å². The fourth-order valence-corrected chi connectivity index (χ4v) is 3.17. The van der Waals surface area contributed by atoms with Gasteiger partial charge in [0.25, 0.3) is 0 Å². The Labute approximate surface area is 142 Å². The number of hydrogen-bond donors (Lipinski definition) is 3. The predicted molar refractivity (Wildman–Crippen MR) is 88.5 cm³/mol. The van der Waals surface area contributed by atoms with E-state index in [1.807, 2.05) is 6.92 Å². The fourth-order valence-electron chi connectivity index (χ4n) is 3.17. The van der Waals surface area contributed by atoms with Crippen LogP contribution in [0.25, 0.3) is 0 Å². The number of carbonyl (C=O) groups excluding carboxylic acids is 3. The van der Waals surface area contributed by atoms with Crippen LogP contribution in [0.3, 0.4) is 0 Å². The number of urea groups is 2. The molecular formula is C16H28N4O4. The highest BCUT2D eigenvalue weighted by Crippen LogP contribution is 2.40. The summed E-state index contributed by atoms with van der Waals surface area (Å²) in [4.78, 5) is 36.9. The molecule has 3 N–H and O–H groups in total. The van der Waals surface area contributed by atoms with Crippen LogP contribution in [0, 0.1) is 5.92 Å². The van der Waals surface area contributed by atoms with Crippen LogP contribution in [0.15, 0.2) is 0 Å². The van der Waals surface area contributed by atoms with E-state index in [9.17, 15) is 14.4 Å². The summed E-state index contributed by atoms with van der Waals surface area (Å²) in [6.45, 7) is 3.48. The second-order valence-electron chi connectivity index (χ2n) is 6.63. The van der Waals surface area contributed by atoms with Gasteiger partial charge in [0.05, 0.1) is 7.11 Å². The van der Waals surface area contributed by atoms with Gasteiger partial charge in [0.2, 0.25) is 0 Å². The van der Waals surface area contributed by atoms with E-state index in [4.69, 9.17) is 0 Å². The third-order valence-electron chi connectivity index (χ3n) is 4.71. The van der Waals surface area contributed by atoms with Gasteiger partial charge < -0.3 is 25.6 Å². The van der Waals surface area contributed by atoms with Crippen LogP contribution in [0.1, 0.15) is 39.0 Å². The Bertz CT molecular complexity index is 471. The maximum Gasteiger partial charge on any atom is 0.325 e. The SMILES string of the molecule is CCNC(=O)NC1(CC2CC2)CCN(C(=O)NCC(=O)OC)CC1. The fraction of sp³-hybridized carbons (Fsp3) is 0.812. The Kier molecular flexibility index (Phi) is 6.28. The molecule has 1 aliphatic carbocycles. The lowest BCUT2D eigenvalue weighted by Gasteiger charge is -2.42. The van der Waals surface area contributed by atoms with Gasteiger partial charge in [0.1, 0.15) is 6.54 Å². The van der Waals surface area contributed by atoms with Crippen LogP contribution in [0.2, 0.25) is 0 Å². The number of rotatable bonds is 6. The van der Waals surface area contributed by atoms with Gasteiger partial charge in [0, 0.05) is 25.2 Å². The number of hydrogen-bond acceptors (Lipinski definition) is 4. The number of piperidine rings is 1. The molecule has 2 fully saturated rings. The van der Waals surface area contributed by atoms with Gasteiger partial charge in [-0.25, -0.2) is 9.59 Å². The Hall–Kier alpha value is -1.99. The molecule has 0 aromatic heterocycles. The summed E-state index contributed by atoms with van der Waals surface area (Å²) in [7, 11) is 1.29. The molecule has 1 saturated carbocycles. The minimum absolute atomic E-state index is 0.129. The van der Waals surface area contributed by atoms with Crippen LogP contribution >= 0.6 is 0 Å². The zero-order valence-corrected chi connectivity index (χ0v) is 14.5. The zero-order chi connectivity index (χ0) is 17.6. The van der Waals surface area contributed by atoms with Crippen LogP contribution < -0.4 is 16.0 Å². The lowest BCUT2D eigenvalue weighted by molar-refractivity contribution is -0.139. The molecule has 0 spiro atoms. The van der Waals surface area contributed by atoms with Gasteiger partial charge >= 0.3 is 18.0 Å². The van der Waals surface area contributed by atoms with E-state index >= 15 is 0 Å². The molecule has 24 heavy (non-hydrogen) atoms. The molecule has 4 amide bonds. The van der Waals surface area contributed by atoms with Gasteiger partial charge in [-0.1, -0.05) is 12.8 Å². The quantitative estimate of drug-likeness (QED) is 0.623. The number of amides is 4. The predicted octanol–water partition coefficient (Wildman–Crippen LogP) is 0.823. The second kappa shape index (κ2) is 8.21. The number of nitrogens with zero attached hydrogens (tertiary/aromatic N) is 1. The number of likely N-dealkylation sites (tertiary alicyclic amines) is 1. The summed E-state index contributed by atoms with van der Waals surface area (Å²) in [6.07, 6.45) is 4.88. The van der Waals surface area contributed by atoms with E-state index in [1.165, 1.54) is 20.0 Å². The van der Waals surface area contributed by atoms with E-state index in [2.05, 4.69) is 20.7 Å². The average molecular weight is 340 g/mol. The first-order chi connectivity index (χ1) is 11.5. The van der Waals surface area contributed by atoms with Crippen molar-refractivity contribution in [2.75, 3.05) is 33.3 Å². The lowest BCUT2D eigenvalue weighted by Crippen LogP contribution is -2.59. The highest BCUT2D eigenvalue weighted by Gasteiger charge is 2.41. The van der Waals surface area contributed by atoms with Crippen LogP contribution in [0.4, 0.5) is 9.59 Å². The summed E-state index contributed by atoms with van der Waals surface area (Å²) in [5.41, 5.74) is -0.237. The monoisotopic (exact) mass is 340 g/mol. The molecule has 1 heterocycles. The van der Waals surface area contributed by atoms with Crippen molar-refractivity contribution in [1.29, 1.82) is 0 Å².